The van der Waals surface area contributed by atoms with E-state index < -0.39 is 5.83 Å². The van der Waals surface area contributed by atoms with Gasteiger partial charge in [0, 0.05) is 5.92 Å². The van der Waals surface area contributed by atoms with Gasteiger partial charge in [0.05, 0.1) is 0 Å². The van der Waals surface area contributed by atoms with Crippen molar-refractivity contribution in [1.29, 1.82) is 0 Å². The molecule has 0 radical (unpaired) electrons. The van der Waals surface area contributed by atoms with Crippen LogP contribution in [0.2, 0.25) is 0 Å². The highest BCUT2D eigenvalue weighted by atomic mass is 19.1. The normalized spacial score (nSPS) is 25.7. The van der Waals surface area contributed by atoms with Crippen molar-refractivity contribution in [2.45, 2.75) is 26.2 Å². The highest BCUT2D eigenvalue weighted by Crippen LogP contribution is 2.35. The molecule has 0 amide bonds. The van der Waals surface area contributed by atoms with E-state index in [0.29, 0.717) is 5.92 Å². The first-order chi connectivity index (χ1) is 7.00. The van der Waals surface area contributed by atoms with Crippen molar-refractivity contribution in [1.82, 2.24) is 0 Å². The van der Waals surface area contributed by atoms with Crippen LogP contribution in [0.4, 0.5) is 4.39 Å². The zero-order valence-electron chi connectivity index (χ0n) is 9.13. The lowest BCUT2D eigenvalue weighted by atomic mass is 9.96. The first-order valence-electron chi connectivity index (χ1n) is 5.22. The van der Waals surface area contributed by atoms with Crippen molar-refractivity contribution in [2.75, 3.05) is 0 Å². The molecule has 0 bridgehead atoms. The van der Waals surface area contributed by atoms with E-state index in [1.54, 1.807) is 13.0 Å². The minimum Gasteiger partial charge on any atom is -0.300 e. The van der Waals surface area contributed by atoms with Crippen molar-refractivity contribution < 1.29 is 9.18 Å². The summed E-state index contributed by atoms with van der Waals surface area (Å²) in [4.78, 5) is 11.2. The van der Waals surface area contributed by atoms with Crippen LogP contribution in [0, 0.1) is 11.8 Å². The molecule has 0 heterocycles. The Morgan fingerprint density at radius 1 is 1.27 bits per heavy atom. The Hall–Kier alpha value is -1.18. The van der Waals surface area contributed by atoms with Crippen LogP contribution in [0.3, 0.4) is 0 Å². The van der Waals surface area contributed by atoms with Gasteiger partial charge in [-0.1, -0.05) is 24.8 Å². The third-order valence-electron chi connectivity index (χ3n) is 3.01. The van der Waals surface area contributed by atoms with Gasteiger partial charge >= 0.3 is 0 Å². The van der Waals surface area contributed by atoms with Gasteiger partial charge in [0.1, 0.15) is 11.6 Å². The Kier molecular flexibility index (Phi) is 4.01. The molecule has 0 saturated heterocycles. The van der Waals surface area contributed by atoms with Crippen LogP contribution >= 0.6 is 0 Å². The van der Waals surface area contributed by atoms with E-state index in [-0.39, 0.29) is 11.7 Å². The Morgan fingerprint density at radius 3 is 2.33 bits per heavy atom. The summed E-state index contributed by atoms with van der Waals surface area (Å²) in [5.41, 5.74) is 0.901. The highest BCUT2D eigenvalue weighted by Gasteiger charge is 2.28. The second-order valence-electron chi connectivity index (χ2n) is 4.17. The molecule has 1 fully saturated rings. The van der Waals surface area contributed by atoms with Gasteiger partial charge in [0.15, 0.2) is 0 Å². The van der Waals surface area contributed by atoms with E-state index in [0.717, 1.165) is 24.8 Å². The number of carbonyl (C=O) groups is 1. The summed E-state index contributed by atoms with van der Waals surface area (Å²) in [5, 5.41) is 0. The quantitative estimate of drug-likeness (QED) is 0.645. The number of hydrogen-bond donors (Lipinski definition) is 0. The van der Waals surface area contributed by atoms with Gasteiger partial charge in [-0.3, -0.25) is 4.79 Å². The zero-order chi connectivity index (χ0) is 11.4. The molecule has 0 aromatic heterocycles. The monoisotopic (exact) mass is 208 g/mol. The molecule has 2 atom stereocenters. The summed E-state index contributed by atoms with van der Waals surface area (Å²) >= 11 is 0. The topological polar surface area (TPSA) is 17.1 Å². The molecule has 0 spiro atoms. The van der Waals surface area contributed by atoms with E-state index in [1.165, 1.54) is 6.08 Å². The second kappa shape index (κ2) is 5.06. The summed E-state index contributed by atoms with van der Waals surface area (Å²) in [7, 11) is 0. The molecule has 2 heteroatoms. The molecule has 0 N–H and O–H groups in total. The Morgan fingerprint density at radius 2 is 1.87 bits per heavy atom. The van der Waals surface area contributed by atoms with Crippen LogP contribution in [-0.4, -0.2) is 5.78 Å². The van der Waals surface area contributed by atoms with Crippen LogP contribution in [0.15, 0.2) is 36.7 Å². The Bertz CT molecular complexity index is 314. The molecule has 0 aliphatic heterocycles. The summed E-state index contributed by atoms with van der Waals surface area (Å²) < 4.78 is 12.4. The smallest absolute Gasteiger partial charge is 0.132 e. The van der Waals surface area contributed by atoms with E-state index in [2.05, 4.69) is 13.2 Å². The van der Waals surface area contributed by atoms with Crippen LogP contribution in [0.25, 0.3) is 0 Å². The summed E-state index contributed by atoms with van der Waals surface area (Å²) in [5.74, 6) is 0.296. The van der Waals surface area contributed by atoms with Crippen molar-refractivity contribution >= 4 is 5.78 Å². The minimum atomic E-state index is -0.461. The van der Waals surface area contributed by atoms with E-state index in [9.17, 15) is 9.18 Å². The maximum Gasteiger partial charge on any atom is 0.132 e. The standard InChI is InChI=1S/C13H17FO/c1-9(4-5-10(2)14)12-6-7-13(8-12)11(3)15/h4-5,12-13H,1-2,6-8H2,3H3/b5-4-. The molecular weight excluding hydrogens is 191 g/mol. The summed E-state index contributed by atoms with van der Waals surface area (Å²) in [6, 6.07) is 0. The van der Waals surface area contributed by atoms with E-state index in [4.69, 9.17) is 0 Å². The molecule has 82 valence electrons. The molecule has 0 aromatic rings. The largest absolute Gasteiger partial charge is 0.300 e. The van der Waals surface area contributed by atoms with Crippen molar-refractivity contribution in [2.24, 2.45) is 11.8 Å². The zero-order valence-corrected chi connectivity index (χ0v) is 9.13. The van der Waals surface area contributed by atoms with E-state index in [1.807, 2.05) is 0 Å². The number of Topliss-reactive ketones (excluding diaryl/α,β-unsaturated/α-hetero) is 1. The summed E-state index contributed by atoms with van der Waals surface area (Å²) in [6.45, 7) is 8.68. The fourth-order valence-corrected chi connectivity index (χ4v) is 2.02. The maximum absolute atomic E-state index is 12.4. The molecule has 0 aromatic carbocycles. The van der Waals surface area contributed by atoms with Crippen LogP contribution in [0.5, 0.6) is 0 Å². The fraction of sp³-hybridized carbons (Fsp3) is 0.462. The summed E-state index contributed by atoms with van der Waals surface area (Å²) in [6.07, 6.45) is 5.76. The van der Waals surface area contributed by atoms with Crippen LogP contribution < -0.4 is 0 Å². The van der Waals surface area contributed by atoms with Gasteiger partial charge in [-0.2, -0.15) is 0 Å². The fourth-order valence-electron chi connectivity index (χ4n) is 2.02. The second-order valence-corrected chi connectivity index (χ2v) is 4.17. The number of ketones is 1. The number of halogens is 1. The molecule has 1 aliphatic carbocycles. The number of carbonyl (C=O) groups excluding carboxylic acids is 1. The molecule has 1 saturated carbocycles. The Balaban J connectivity index is 2.50. The van der Waals surface area contributed by atoms with Gasteiger partial charge in [-0.15, -0.1) is 0 Å². The lowest BCUT2D eigenvalue weighted by Gasteiger charge is -2.09. The number of rotatable bonds is 4. The molecule has 1 rings (SSSR count). The third-order valence-corrected chi connectivity index (χ3v) is 3.01. The molecular formula is C13H17FO. The number of hydrogen-bond acceptors (Lipinski definition) is 1. The lowest BCUT2D eigenvalue weighted by Crippen LogP contribution is -2.06. The van der Waals surface area contributed by atoms with Crippen molar-refractivity contribution in [3.63, 3.8) is 0 Å². The van der Waals surface area contributed by atoms with Crippen LogP contribution in [-0.2, 0) is 4.79 Å². The molecule has 2 unspecified atom stereocenters. The number of allylic oxidation sites excluding steroid dienone is 4. The molecule has 15 heavy (non-hydrogen) atoms. The predicted molar refractivity (Wildman–Crippen MR) is 60.0 cm³/mol. The van der Waals surface area contributed by atoms with Gasteiger partial charge in [0.2, 0.25) is 0 Å². The highest BCUT2D eigenvalue weighted by molar-refractivity contribution is 5.78. The predicted octanol–water partition coefficient (Wildman–Crippen LogP) is 3.59. The van der Waals surface area contributed by atoms with Crippen LogP contribution in [0.1, 0.15) is 26.2 Å². The minimum absolute atomic E-state index is 0.175. The van der Waals surface area contributed by atoms with Crippen molar-refractivity contribution in [3.8, 4) is 0 Å². The van der Waals surface area contributed by atoms with Crippen molar-refractivity contribution in [3.05, 3.63) is 36.7 Å². The lowest BCUT2D eigenvalue weighted by molar-refractivity contribution is -0.120. The Labute approximate surface area is 90.4 Å². The molecule has 1 aliphatic rings. The van der Waals surface area contributed by atoms with Gasteiger partial charge in [0.25, 0.3) is 0 Å². The van der Waals surface area contributed by atoms with E-state index >= 15 is 0 Å². The van der Waals surface area contributed by atoms with Gasteiger partial charge in [-0.25, -0.2) is 4.39 Å². The van der Waals surface area contributed by atoms with Gasteiger partial charge < -0.3 is 0 Å². The first kappa shape index (κ1) is 11.9. The van der Waals surface area contributed by atoms with Gasteiger partial charge in [-0.05, 0) is 38.2 Å². The SMILES string of the molecule is C=C(F)/C=C\C(=C)C1CCC(C(C)=O)C1. The maximum atomic E-state index is 12.4. The third kappa shape index (κ3) is 3.46. The first-order valence-corrected chi connectivity index (χ1v) is 5.22. The average Bonchev–Trinajstić information content (AvgIpc) is 2.62. The molecule has 1 nitrogen and oxygen atoms in total. The average molecular weight is 208 g/mol.